The van der Waals surface area contributed by atoms with Crippen molar-refractivity contribution in [1.29, 1.82) is 0 Å². The number of hydrogen-bond donors (Lipinski definition) is 2. The highest BCUT2D eigenvalue weighted by Crippen LogP contribution is 2.28. The number of imide groups is 1. The largest absolute Gasteiger partial charge is 0.354 e. The summed E-state index contributed by atoms with van der Waals surface area (Å²) in [6, 6.07) is 4.34. The van der Waals surface area contributed by atoms with Gasteiger partial charge < -0.3 is 10.6 Å². The lowest BCUT2D eigenvalue weighted by Crippen LogP contribution is -2.50. The number of carbonyl (C=O) groups is 3. The Labute approximate surface area is 160 Å². The lowest BCUT2D eigenvalue weighted by atomic mass is 9.81. The average Bonchev–Trinajstić information content (AvgIpc) is 2.83. The third-order valence-corrected chi connectivity index (χ3v) is 5.34. The van der Waals surface area contributed by atoms with Gasteiger partial charge in [0.05, 0.1) is 11.1 Å². The first-order valence-electron chi connectivity index (χ1n) is 8.79. The Bertz CT molecular complexity index is 729. The molecule has 3 amide bonds. The van der Waals surface area contributed by atoms with Crippen molar-refractivity contribution in [3.05, 3.63) is 34.9 Å². The predicted molar refractivity (Wildman–Crippen MR) is 102 cm³/mol. The number of hydrogen-bond acceptors (Lipinski definition) is 4. The molecule has 2 aliphatic rings. The van der Waals surface area contributed by atoms with Crippen LogP contribution in [0, 0.1) is 12.3 Å². The fourth-order valence-electron chi connectivity index (χ4n) is 3.50. The van der Waals surface area contributed by atoms with Gasteiger partial charge in [0.25, 0.3) is 11.8 Å². The number of amides is 3. The summed E-state index contributed by atoms with van der Waals surface area (Å²) in [5.41, 5.74) is 1.73. The number of fused-ring (bicyclic) bond motifs is 1. The summed E-state index contributed by atoms with van der Waals surface area (Å²) in [4.78, 5) is 38.8. The van der Waals surface area contributed by atoms with Gasteiger partial charge in [-0.1, -0.05) is 18.6 Å². The summed E-state index contributed by atoms with van der Waals surface area (Å²) < 4.78 is 0. The molecule has 1 fully saturated rings. The van der Waals surface area contributed by atoms with Gasteiger partial charge in [-0.25, -0.2) is 0 Å². The first-order valence-corrected chi connectivity index (χ1v) is 8.79. The molecule has 26 heavy (non-hydrogen) atoms. The van der Waals surface area contributed by atoms with E-state index in [1.54, 1.807) is 25.1 Å². The number of carbonyl (C=O) groups excluding carboxylic acids is 3. The van der Waals surface area contributed by atoms with Crippen molar-refractivity contribution in [2.75, 3.05) is 19.6 Å². The number of benzene rings is 1. The average molecular weight is 380 g/mol. The molecule has 2 N–H and O–H groups in total. The van der Waals surface area contributed by atoms with Crippen LogP contribution in [0.1, 0.15) is 53.0 Å². The van der Waals surface area contributed by atoms with E-state index < -0.39 is 11.9 Å². The van der Waals surface area contributed by atoms with E-state index in [4.69, 9.17) is 0 Å². The van der Waals surface area contributed by atoms with Gasteiger partial charge in [-0.2, -0.15) is 0 Å². The number of nitrogens with zero attached hydrogens (tertiary/aromatic N) is 1. The topological polar surface area (TPSA) is 78.5 Å². The summed E-state index contributed by atoms with van der Waals surface area (Å²) in [6.45, 7) is 8.08. The lowest BCUT2D eigenvalue weighted by Gasteiger charge is -2.34. The van der Waals surface area contributed by atoms with E-state index in [0.717, 1.165) is 36.4 Å². The molecule has 0 saturated carbocycles. The fraction of sp³-hybridized carbons (Fsp3) is 0.526. The van der Waals surface area contributed by atoms with Gasteiger partial charge >= 0.3 is 0 Å². The van der Waals surface area contributed by atoms with Gasteiger partial charge in [0.15, 0.2) is 0 Å². The minimum atomic E-state index is -0.821. The van der Waals surface area contributed by atoms with Crippen LogP contribution in [-0.2, 0) is 4.79 Å². The molecule has 6 nitrogen and oxygen atoms in total. The molecule has 2 aliphatic heterocycles. The van der Waals surface area contributed by atoms with Gasteiger partial charge in [0, 0.05) is 6.54 Å². The highest BCUT2D eigenvalue weighted by molar-refractivity contribution is 6.22. The highest BCUT2D eigenvalue weighted by atomic mass is 35.5. The van der Waals surface area contributed by atoms with Gasteiger partial charge in [-0.05, 0) is 57.3 Å². The maximum atomic E-state index is 12.6. The van der Waals surface area contributed by atoms with Crippen LogP contribution in [0.3, 0.4) is 0 Å². The lowest BCUT2D eigenvalue weighted by molar-refractivity contribution is -0.125. The van der Waals surface area contributed by atoms with Crippen molar-refractivity contribution < 1.29 is 14.4 Å². The molecule has 0 bridgehead atoms. The van der Waals surface area contributed by atoms with E-state index in [2.05, 4.69) is 17.6 Å². The molecular weight excluding hydrogens is 354 g/mol. The van der Waals surface area contributed by atoms with E-state index in [9.17, 15) is 14.4 Å². The molecule has 0 spiro atoms. The van der Waals surface area contributed by atoms with Crippen molar-refractivity contribution in [2.24, 2.45) is 5.41 Å². The summed E-state index contributed by atoms with van der Waals surface area (Å²) in [5.74, 6) is -1.07. The molecule has 7 heteroatoms. The van der Waals surface area contributed by atoms with Crippen LogP contribution in [0.15, 0.2) is 18.2 Å². The SMILES string of the molecule is Cc1ccc2c(c1)C(=O)N(C(C)C(=O)NCC1(C)CCNCC1)C2=O.Cl. The summed E-state index contributed by atoms with van der Waals surface area (Å²) in [7, 11) is 0. The van der Waals surface area contributed by atoms with E-state index in [1.807, 2.05) is 6.92 Å². The summed E-state index contributed by atoms with van der Waals surface area (Å²) in [6.07, 6.45) is 1.99. The summed E-state index contributed by atoms with van der Waals surface area (Å²) in [5, 5.41) is 6.25. The van der Waals surface area contributed by atoms with Crippen LogP contribution in [0.2, 0.25) is 0 Å². The molecule has 0 aliphatic carbocycles. The summed E-state index contributed by atoms with van der Waals surface area (Å²) >= 11 is 0. The van der Waals surface area contributed by atoms with Crippen molar-refractivity contribution in [2.45, 2.75) is 39.7 Å². The molecule has 0 aromatic heterocycles. The van der Waals surface area contributed by atoms with Crippen molar-refractivity contribution in [1.82, 2.24) is 15.5 Å². The van der Waals surface area contributed by atoms with Crippen molar-refractivity contribution >= 4 is 30.1 Å². The second kappa shape index (κ2) is 7.76. The van der Waals surface area contributed by atoms with E-state index >= 15 is 0 Å². The first-order chi connectivity index (χ1) is 11.8. The Balaban J connectivity index is 0.00000243. The van der Waals surface area contributed by atoms with E-state index in [1.165, 1.54) is 0 Å². The second-order valence-electron chi connectivity index (χ2n) is 7.48. The Morgan fingerprint density at radius 3 is 2.50 bits per heavy atom. The van der Waals surface area contributed by atoms with Crippen LogP contribution < -0.4 is 10.6 Å². The maximum absolute atomic E-state index is 12.6. The molecule has 0 radical (unpaired) electrons. The van der Waals surface area contributed by atoms with Crippen molar-refractivity contribution in [3.8, 4) is 0 Å². The van der Waals surface area contributed by atoms with Gasteiger partial charge in [0.1, 0.15) is 6.04 Å². The molecular formula is C19H26ClN3O3. The monoisotopic (exact) mass is 379 g/mol. The van der Waals surface area contributed by atoms with Crippen LogP contribution in [0.5, 0.6) is 0 Å². The third-order valence-electron chi connectivity index (χ3n) is 5.34. The minimum Gasteiger partial charge on any atom is -0.354 e. The molecule has 1 unspecified atom stereocenters. The van der Waals surface area contributed by atoms with Crippen LogP contribution in [0.4, 0.5) is 0 Å². The zero-order chi connectivity index (χ0) is 18.2. The quantitative estimate of drug-likeness (QED) is 0.783. The third kappa shape index (κ3) is 3.76. The molecule has 1 atom stereocenters. The van der Waals surface area contributed by atoms with Crippen LogP contribution in [-0.4, -0.2) is 48.3 Å². The molecule has 1 aromatic carbocycles. The highest BCUT2D eigenvalue weighted by Gasteiger charge is 2.41. The normalized spacial score (nSPS) is 19.6. The van der Waals surface area contributed by atoms with Gasteiger partial charge in [-0.3, -0.25) is 19.3 Å². The molecule has 2 heterocycles. The molecule has 1 aromatic rings. The Hall–Kier alpha value is -1.92. The zero-order valence-electron chi connectivity index (χ0n) is 15.4. The Morgan fingerprint density at radius 1 is 1.23 bits per heavy atom. The zero-order valence-corrected chi connectivity index (χ0v) is 16.2. The van der Waals surface area contributed by atoms with E-state index in [0.29, 0.717) is 17.7 Å². The molecule has 1 saturated heterocycles. The minimum absolute atomic E-state index is 0. The number of halogens is 1. The number of piperidine rings is 1. The second-order valence-corrected chi connectivity index (χ2v) is 7.48. The fourth-order valence-corrected chi connectivity index (χ4v) is 3.50. The Kier molecular flexibility index (Phi) is 6.09. The van der Waals surface area contributed by atoms with E-state index in [-0.39, 0.29) is 29.6 Å². The van der Waals surface area contributed by atoms with Gasteiger partial charge in [-0.15, -0.1) is 12.4 Å². The standard InChI is InChI=1S/C19H25N3O3.ClH/c1-12-4-5-14-15(10-12)18(25)22(17(14)24)13(2)16(23)21-11-19(3)6-8-20-9-7-19;/h4-5,10,13,20H,6-9,11H2,1-3H3,(H,21,23);1H. The predicted octanol–water partition coefficient (Wildman–Crippen LogP) is 1.91. The number of aryl methyl sites for hydroxylation is 1. The van der Waals surface area contributed by atoms with Gasteiger partial charge in [0.2, 0.25) is 5.91 Å². The maximum Gasteiger partial charge on any atom is 0.262 e. The molecule has 142 valence electrons. The smallest absolute Gasteiger partial charge is 0.262 e. The Morgan fingerprint density at radius 2 is 1.85 bits per heavy atom. The first kappa shape index (κ1) is 20.4. The van der Waals surface area contributed by atoms with Crippen LogP contribution >= 0.6 is 12.4 Å². The number of nitrogens with one attached hydrogen (secondary N) is 2. The van der Waals surface area contributed by atoms with Crippen LogP contribution in [0.25, 0.3) is 0 Å². The molecule has 3 rings (SSSR count). The number of rotatable bonds is 4. The van der Waals surface area contributed by atoms with Crippen molar-refractivity contribution in [3.63, 3.8) is 0 Å².